The SMILES string of the molecule is COC(=O)C1=C(c2cccc(C)c2)NC(=O)N[C@@H]1c1cccc(C)c1. The lowest BCUT2D eigenvalue weighted by atomic mass is 9.91. The van der Waals surface area contributed by atoms with Crippen molar-refractivity contribution in [2.45, 2.75) is 19.9 Å². The zero-order valence-electron chi connectivity index (χ0n) is 14.4. The molecule has 0 fully saturated rings. The maximum Gasteiger partial charge on any atom is 0.338 e. The third kappa shape index (κ3) is 3.40. The van der Waals surface area contributed by atoms with E-state index in [1.165, 1.54) is 7.11 Å². The summed E-state index contributed by atoms with van der Waals surface area (Å²) in [5.74, 6) is -0.476. The summed E-state index contributed by atoms with van der Waals surface area (Å²) in [4.78, 5) is 24.8. The molecule has 0 aliphatic carbocycles. The molecule has 5 heteroatoms. The maximum atomic E-state index is 12.5. The van der Waals surface area contributed by atoms with Gasteiger partial charge in [-0.05, 0) is 31.0 Å². The molecule has 0 aromatic heterocycles. The average Bonchev–Trinajstić information content (AvgIpc) is 2.60. The molecule has 128 valence electrons. The summed E-state index contributed by atoms with van der Waals surface area (Å²) in [6.07, 6.45) is 0. The smallest absolute Gasteiger partial charge is 0.338 e. The summed E-state index contributed by atoms with van der Waals surface area (Å²) < 4.78 is 5.00. The van der Waals surface area contributed by atoms with E-state index in [1.807, 2.05) is 62.4 Å². The Balaban J connectivity index is 2.21. The molecule has 2 amide bonds. The van der Waals surface area contributed by atoms with E-state index >= 15 is 0 Å². The van der Waals surface area contributed by atoms with Crippen molar-refractivity contribution >= 4 is 17.7 Å². The van der Waals surface area contributed by atoms with Crippen molar-refractivity contribution in [3.05, 3.63) is 76.4 Å². The number of urea groups is 1. The molecule has 2 N–H and O–H groups in total. The van der Waals surface area contributed by atoms with Crippen LogP contribution < -0.4 is 10.6 Å². The number of nitrogens with one attached hydrogen (secondary N) is 2. The highest BCUT2D eigenvalue weighted by atomic mass is 16.5. The zero-order valence-corrected chi connectivity index (χ0v) is 14.4. The molecule has 0 saturated carbocycles. The average molecular weight is 336 g/mol. The topological polar surface area (TPSA) is 67.4 Å². The van der Waals surface area contributed by atoms with E-state index in [1.54, 1.807) is 0 Å². The monoisotopic (exact) mass is 336 g/mol. The normalized spacial score (nSPS) is 16.9. The van der Waals surface area contributed by atoms with E-state index in [-0.39, 0.29) is 6.03 Å². The first-order valence-corrected chi connectivity index (χ1v) is 8.03. The lowest BCUT2D eigenvalue weighted by Crippen LogP contribution is -2.45. The number of ether oxygens (including phenoxy) is 1. The van der Waals surface area contributed by atoms with Gasteiger partial charge in [-0.3, -0.25) is 0 Å². The fraction of sp³-hybridized carbons (Fsp3) is 0.200. The number of hydrogen-bond donors (Lipinski definition) is 2. The molecule has 0 spiro atoms. The molecule has 2 aromatic carbocycles. The van der Waals surface area contributed by atoms with Crippen LogP contribution in [0.3, 0.4) is 0 Å². The molecule has 25 heavy (non-hydrogen) atoms. The molecule has 1 atom stereocenters. The summed E-state index contributed by atoms with van der Waals surface area (Å²) in [6, 6.07) is 14.4. The second-order valence-electron chi connectivity index (χ2n) is 6.10. The van der Waals surface area contributed by atoms with Gasteiger partial charge in [-0.1, -0.05) is 53.6 Å². The van der Waals surface area contributed by atoms with E-state index in [2.05, 4.69) is 10.6 Å². The first-order chi connectivity index (χ1) is 12.0. The Hall–Kier alpha value is -3.08. The highest BCUT2D eigenvalue weighted by molar-refractivity contribution is 6.04. The summed E-state index contributed by atoms with van der Waals surface area (Å²) in [6.45, 7) is 3.93. The molecule has 5 nitrogen and oxygen atoms in total. The van der Waals surface area contributed by atoms with E-state index < -0.39 is 12.0 Å². The van der Waals surface area contributed by atoms with Gasteiger partial charge in [-0.2, -0.15) is 0 Å². The molecule has 0 saturated heterocycles. The van der Waals surface area contributed by atoms with Crippen molar-refractivity contribution < 1.29 is 14.3 Å². The van der Waals surface area contributed by atoms with E-state index in [9.17, 15) is 9.59 Å². The first kappa shape index (κ1) is 16.8. The number of benzene rings is 2. The molecule has 0 bridgehead atoms. The van der Waals surface area contributed by atoms with E-state index in [0.29, 0.717) is 11.3 Å². The quantitative estimate of drug-likeness (QED) is 0.846. The Morgan fingerprint density at radius 1 is 1.04 bits per heavy atom. The lowest BCUT2D eigenvalue weighted by molar-refractivity contribution is -0.136. The number of esters is 1. The van der Waals surface area contributed by atoms with Crippen molar-refractivity contribution in [2.24, 2.45) is 0 Å². The second-order valence-corrected chi connectivity index (χ2v) is 6.10. The molecule has 0 radical (unpaired) electrons. The largest absolute Gasteiger partial charge is 0.466 e. The molecule has 1 aliphatic rings. The lowest BCUT2D eigenvalue weighted by Gasteiger charge is -2.29. The Morgan fingerprint density at radius 2 is 1.72 bits per heavy atom. The number of amides is 2. The summed E-state index contributed by atoms with van der Waals surface area (Å²) in [7, 11) is 1.34. The van der Waals surface area contributed by atoms with Crippen LogP contribution in [0, 0.1) is 13.8 Å². The number of rotatable bonds is 3. The highest BCUT2D eigenvalue weighted by Crippen LogP contribution is 2.32. The van der Waals surface area contributed by atoms with Crippen LogP contribution in [0.4, 0.5) is 4.79 Å². The predicted octanol–water partition coefficient (Wildman–Crippen LogP) is 3.24. The van der Waals surface area contributed by atoms with Gasteiger partial charge >= 0.3 is 12.0 Å². The van der Waals surface area contributed by atoms with Gasteiger partial charge in [0.15, 0.2) is 0 Å². The molecule has 0 unspecified atom stereocenters. The van der Waals surface area contributed by atoms with Crippen molar-refractivity contribution in [3.8, 4) is 0 Å². The summed E-state index contributed by atoms with van der Waals surface area (Å²) >= 11 is 0. The van der Waals surface area contributed by atoms with Crippen LogP contribution >= 0.6 is 0 Å². The summed E-state index contributed by atoms with van der Waals surface area (Å²) in [5, 5.41) is 5.60. The Kier molecular flexibility index (Phi) is 4.57. The Bertz CT molecular complexity index is 871. The van der Waals surface area contributed by atoms with Crippen LogP contribution in [0.1, 0.15) is 28.3 Å². The summed E-state index contributed by atoms with van der Waals surface area (Å²) in [5.41, 5.74) is 4.55. The van der Waals surface area contributed by atoms with Crippen molar-refractivity contribution in [1.29, 1.82) is 0 Å². The third-order valence-corrected chi connectivity index (χ3v) is 4.16. The standard InChI is InChI=1S/C20H20N2O3/c1-12-6-4-8-14(10-12)17-16(19(23)25-3)18(22-20(24)21-17)15-9-5-7-13(2)11-15/h4-11,17H,1-3H3,(H2,21,22,24)/t17-/m1/s1. The number of hydrogen-bond acceptors (Lipinski definition) is 3. The zero-order chi connectivity index (χ0) is 18.0. The number of methoxy groups -OCH3 is 1. The minimum absolute atomic E-state index is 0.351. The van der Waals surface area contributed by atoms with Crippen LogP contribution in [0.25, 0.3) is 5.70 Å². The van der Waals surface area contributed by atoms with Gasteiger partial charge < -0.3 is 15.4 Å². The van der Waals surface area contributed by atoms with Crippen LogP contribution in [0.5, 0.6) is 0 Å². The molecule has 2 aromatic rings. The van der Waals surface area contributed by atoms with E-state index in [4.69, 9.17) is 4.74 Å². The van der Waals surface area contributed by atoms with Gasteiger partial charge in [0.05, 0.1) is 24.4 Å². The van der Waals surface area contributed by atoms with Crippen LogP contribution in [0.2, 0.25) is 0 Å². The second kappa shape index (κ2) is 6.81. The maximum absolute atomic E-state index is 12.5. The van der Waals surface area contributed by atoms with Crippen LogP contribution in [-0.4, -0.2) is 19.1 Å². The van der Waals surface area contributed by atoms with Gasteiger partial charge in [-0.15, -0.1) is 0 Å². The van der Waals surface area contributed by atoms with Gasteiger partial charge in [0.1, 0.15) is 0 Å². The fourth-order valence-electron chi connectivity index (χ4n) is 3.02. The molecule has 1 aliphatic heterocycles. The van der Waals surface area contributed by atoms with Crippen LogP contribution in [0.15, 0.2) is 54.1 Å². The molecular formula is C20H20N2O3. The van der Waals surface area contributed by atoms with Crippen molar-refractivity contribution in [1.82, 2.24) is 10.6 Å². The highest BCUT2D eigenvalue weighted by Gasteiger charge is 2.34. The predicted molar refractivity (Wildman–Crippen MR) is 95.7 cm³/mol. The van der Waals surface area contributed by atoms with Gasteiger partial charge in [0.2, 0.25) is 0 Å². The van der Waals surface area contributed by atoms with Gasteiger partial charge in [0, 0.05) is 0 Å². The fourth-order valence-corrected chi connectivity index (χ4v) is 3.02. The molecular weight excluding hydrogens is 316 g/mol. The minimum Gasteiger partial charge on any atom is -0.466 e. The van der Waals surface area contributed by atoms with Gasteiger partial charge in [0.25, 0.3) is 0 Å². The number of carbonyl (C=O) groups is 2. The van der Waals surface area contributed by atoms with E-state index in [0.717, 1.165) is 22.3 Å². The Morgan fingerprint density at radius 3 is 2.36 bits per heavy atom. The Labute approximate surface area is 146 Å². The minimum atomic E-state index is -0.573. The van der Waals surface area contributed by atoms with Crippen molar-refractivity contribution in [3.63, 3.8) is 0 Å². The van der Waals surface area contributed by atoms with Crippen molar-refractivity contribution in [2.75, 3.05) is 7.11 Å². The number of aryl methyl sites for hydroxylation is 2. The molecule has 1 heterocycles. The first-order valence-electron chi connectivity index (χ1n) is 8.03. The number of carbonyl (C=O) groups excluding carboxylic acids is 2. The molecule has 3 rings (SSSR count). The third-order valence-electron chi connectivity index (χ3n) is 4.16. The van der Waals surface area contributed by atoms with Gasteiger partial charge in [-0.25, -0.2) is 9.59 Å². The van der Waals surface area contributed by atoms with Crippen LogP contribution in [-0.2, 0) is 9.53 Å².